The van der Waals surface area contributed by atoms with Gasteiger partial charge in [-0.3, -0.25) is 23.4 Å². The molecule has 2 unspecified atom stereocenters. The third kappa shape index (κ3) is 8.10. The molecule has 13 heteroatoms. The number of aromatic nitrogens is 2. The Morgan fingerprint density at radius 2 is 1.85 bits per heavy atom. The molecule has 212 valence electrons. The molecule has 4 rings (SSSR count). The summed E-state index contributed by atoms with van der Waals surface area (Å²) in [6, 6.07) is 4.15. The number of rotatable bonds is 12. The van der Waals surface area contributed by atoms with Gasteiger partial charge >= 0.3 is 0 Å². The number of carbonyl (C=O) groups excluding carboxylic acids is 3. The lowest BCUT2D eigenvalue weighted by Gasteiger charge is -2.28. The highest BCUT2D eigenvalue weighted by molar-refractivity contribution is 7.84. The number of amides is 3. The van der Waals surface area contributed by atoms with E-state index < -0.39 is 11.2 Å². The summed E-state index contributed by atoms with van der Waals surface area (Å²) < 4.78 is 18.8. The number of carbonyl (C=O) groups is 3. The number of nitrogens with zero attached hydrogens (tertiary/aromatic N) is 3. The van der Waals surface area contributed by atoms with Crippen molar-refractivity contribution in [1.29, 1.82) is 0 Å². The van der Waals surface area contributed by atoms with E-state index in [1.165, 1.54) is 18.9 Å². The molecule has 1 saturated heterocycles. The molecule has 3 amide bonds. The summed E-state index contributed by atoms with van der Waals surface area (Å²) >= 11 is -1.47. The van der Waals surface area contributed by atoms with Gasteiger partial charge in [0, 0.05) is 62.7 Å². The molecule has 2 aromatic rings. The lowest BCUT2D eigenvalue weighted by molar-refractivity contribution is -0.122. The Kier molecular flexibility index (Phi) is 9.70. The zero-order valence-corrected chi connectivity index (χ0v) is 23.5. The van der Waals surface area contributed by atoms with Crippen molar-refractivity contribution in [2.24, 2.45) is 13.0 Å². The Morgan fingerprint density at radius 1 is 1.10 bits per heavy atom. The van der Waals surface area contributed by atoms with Gasteiger partial charge in [0.1, 0.15) is 0 Å². The van der Waals surface area contributed by atoms with E-state index in [1.807, 2.05) is 13.1 Å². The molecule has 39 heavy (non-hydrogen) atoms. The van der Waals surface area contributed by atoms with Gasteiger partial charge in [-0.25, -0.2) is 8.93 Å². The lowest BCUT2D eigenvalue weighted by Crippen LogP contribution is -2.45. The third-order valence-electron chi connectivity index (χ3n) is 6.78. The van der Waals surface area contributed by atoms with Crippen LogP contribution >= 0.6 is 0 Å². The fourth-order valence-electron chi connectivity index (χ4n) is 4.19. The van der Waals surface area contributed by atoms with Crippen molar-refractivity contribution in [1.82, 2.24) is 35.8 Å². The molecule has 1 aromatic carbocycles. The van der Waals surface area contributed by atoms with Crippen LogP contribution in [-0.2, 0) is 23.0 Å². The minimum absolute atomic E-state index is 0.0553. The highest BCUT2D eigenvalue weighted by atomic mass is 32.2. The molecule has 12 nitrogen and oxygen atoms in total. The third-order valence-corrected chi connectivity index (χ3v) is 8.03. The van der Waals surface area contributed by atoms with Crippen molar-refractivity contribution < 1.29 is 18.6 Å². The predicted molar refractivity (Wildman–Crippen MR) is 149 cm³/mol. The number of hydrogen-bond donors (Lipinski definition) is 5. The largest absolute Gasteiger partial charge is 0.354 e. The molecule has 1 aromatic heterocycles. The van der Waals surface area contributed by atoms with Gasteiger partial charge in [0.25, 0.3) is 11.8 Å². The quantitative estimate of drug-likeness (QED) is 0.240. The van der Waals surface area contributed by atoms with Gasteiger partial charge in [-0.15, -0.1) is 0 Å². The van der Waals surface area contributed by atoms with Crippen molar-refractivity contribution in [3.05, 3.63) is 47.3 Å². The first-order valence-electron chi connectivity index (χ1n) is 13.4. The molecule has 0 spiro atoms. The van der Waals surface area contributed by atoms with Gasteiger partial charge in [0.05, 0.1) is 24.0 Å². The molecule has 0 bridgehead atoms. The first-order valence-corrected chi connectivity index (χ1v) is 14.5. The molecular weight excluding hydrogens is 520 g/mol. The van der Waals surface area contributed by atoms with E-state index in [9.17, 15) is 18.6 Å². The SMILES string of the molecule is CC(NC(=O)c1cc(C(=O)NCCN[C@@H](C)C(=O)NCC2CC2)cc(N2CCCNS2=O)c1)c1cnn(C)c1. The van der Waals surface area contributed by atoms with E-state index in [-0.39, 0.29) is 40.9 Å². The summed E-state index contributed by atoms with van der Waals surface area (Å²) in [5.41, 5.74) is 1.94. The molecule has 1 aliphatic heterocycles. The van der Waals surface area contributed by atoms with E-state index >= 15 is 0 Å². The minimum Gasteiger partial charge on any atom is -0.354 e. The number of nitrogens with one attached hydrogen (secondary N) is 5. The molecule has 1 saturated carbocycles. The predicted octanol–water partition coefficient (Wildman–Crippen LogP) is 0.524. The van der Waals surface area contributed by atoms with Crippen LogP contribution in [0.1, 0.15) is 65.4 Å². The average Bonchev–Trinajstić information content (AvgIpc) is 3.66. The molecular formula is C26H38N8O4S. The second kappa shape index (κ2) is 13.2. The van der Waals surface area contributed by atoms with Crippen LogP contribution in [-0.4, -0.2) is 70.5 Å². The number of benzene rings is 1. The maximum atomic E-state index is 13.2. The number of aryl methyl sites for hydroxylation is 1. The normalized spacial score (nSPS) is 18.7. The van der Waals surface area contributed by atoms with Crippen molar-refractivity contribution in [2.45, 2.75) is 45.2 Å². The van der Waals surface area contributed by atoms with Gasteiger partial charge < -0.3 is 21.3 Å². The minimum atomic E-state index is -1.47. The lowest BCUT2D eigenvalue weighted by atomic mass is 10.1. The van der Waals surface area contributed by atoms with Gasteiger partial charge in [-0.05, 0) is 57.2 Å². The topological polar surface area (TPSA) is 149 Å². The maximum absolute atomic E-state index is 13.2. The van der Waals surface area contributed by atoms with Gasteiger partial charge in [-0.2, -0.15) is 5.10 Å². The highest BCUT2D eigenvalue weighted by Crippen LogP contribution is 2.27. The van der Waals surface area contributed by atoms with E-state index in [0.29, 0.717) is 44.3 Å². The van der Waals surface area contributed by atoms with Crippen LogP contribution in [0.3, 0.4) is 0 Å². The fourth-order valence-corrected chi connectivity index (χ4v) is 5.26. The number of anilines is 1. The van der Waals surface area contributed by atoms with Crippen LogP contribution in [0.25, 0.3) is 0 Å². The average molecular weight is 559 g/mol. The second-order valence-corrected chi connectivity index (χ2v) is 11.4. The van der Waals surface area contributed by atoms with E-state index in [4.69, 9.17) is 0 Å². The Bertz CT molecular complexity index is 1210. The summed E-state index contributed by atoms with van der Waals surface area (Å²) in [6.07, 6.45) is 6.64. The monoisotopic (exact) mass is 558 g/mol. The molecule has 0 radical (unpaired) electrons. The van der Waals surface area contributed by atoms with Crippen LogP contribution in [0.5, 0.6) is 0 Å². The molecule has 1 aliphatic carbocycles. The molecule has 2 heterocycles. The molecule has 2 aliphatic rings. The smallest absolute Gasteiger partial charge is 0.251 e. The van der Waals surface area contributed by atoms with Gasteiger partial charge in [-0.1, -0.05) is 0 Å². The van der Waals surface area contributed by atoms with E-state index in [0.717, 1.165) is 12.0 Å². The van der Waals surface area contributed by atoms with Crippen LogP contribution in [0.2, 0.25) is 0 Å². The van der Waals surface area contributed by atoms with Gasteiger partial charge in [0.2, 0.25) is 5.91 Å². The van der Waals surface area contributed by atoms with Crippen molar-refractivity contribution in [3.8, 4) is 0 Å². The van der Waals surface area contributed by atoms with Crippen molar-refractivity contribution in [3.63, 3.8) is 0 Å². The van der Waals surface area contributed by atoms with Crippen LogP contribution in [0.4, 0.5) is 5.69 Å². The van der Waals surface area contributed by atoms with Crippen LogP contribution < -0.4 is 30.3 Å². The standard InChI is InChI=1S/C26H38N8O4S/c1-17(22-15-30-33(3)16-22)32-26(37)21-11-20(12-23(13-21)34-10-4-7-31-39(34)38)25(36)28-9-8-27-18(2)24(35)29-14-19-5-6-19/h11-13,15-19,27,31H,4-10,14H2,1-3H3,(H,28,36)(H,29,35)(H,32,37)/t17?,18-,39?/m0/s1. The number of hydrogen-bond acceptors (Lipinski definition) is 6. The second-order valence-electron chi connectivity index (χ2n) is 10.1. The van der Waals surface area contributed by atoms with Crippen LogP contribution in [0, 0.1) is 5.92 Å². The molecule has 5 N–H and O–H groups in total. The Labute approximate surface area is 231 Å². The van der Waals surface area contributed by atoms with Crippen molar-refractivity contribution in [2.75, 3.05) is 37.0 Å². The molecule has 3 atom stereocenters. The Balaban J connectivity index is 1.40. The first kappa shape index (κ1) is 28.7. The summed E-state index contributed by atoms with van der Waals surface area (Å²) in [5, 5.41) is 16.0. The summed E-state index contributed by atoms with van der Waals surface area (Å²) in [5.74, 6) is -0.166. The zero-order chi connectivity index (χ0) is 27.9. The molecule has 2 fully saturated rings. The fraction of sp³-hybridized carbons (Fsp3) is 0.538. The highest BCUT2D eigenvalue weighted by Gasteiger charge is 2.24. The summed E-state index contributed by atoms with van der Waals surface area (Å²) in [4.78, 5) is 38.4. The maximum Gasteiger partial charge on any atom is 0.251 e. The van der Waals surface area contributed by atoms with E-state index in [1.54, 1.807) is 41.3 Å². The zero-order valence-electron chi connectivity index (χ0n) is 22.7. The summed E-state index contributed by atoms with van der Waals surface area (Å²) in [6.45, 7) is 6.21. The first-order chi connectivity index (χ1) is 18.7. The Hall–Kier alpha value is -3.29. The van der Waals surface area contributed by atoms with Crippen LogP contribution in [0.15, 0.2) is 30.6 Å². The van der Waals surface area contributed by atoms with Crippen molar-refractivity contribution >= 4 is 34.6 Å². The Morgan fingerprint density at radius 3 is 2.51 bits per heavy atom. The van der Waals surface area contributed by atoms with Gasteiger partial charge in [0.15, 0.2) is 11.2 Å². The van der Waals surface area contributed by atoms with E-state index in [2.05, 4.69) is 31.1 Å². The summed E-state index contributed by atoms with van der Waals surface area (Å²) in [7, 11) is 1.80.